The number of thiazole rings is 1. The van der Waals surface area contributed by atoms with E-state index in [4.69, 9.17) is 4.98 Å². The summed E-state index contributed by atoms with van der Waals surface area (Å²) in [6.07, 6.45) is 2.08. The zero-order valence-corrected chi connectivity index (χ0v) is 14.2. The lowest BCUT2D eigenvalue weighted by molar-refractivity contribution is 0.336. The molecule has 0 spiro atoms. The smallest absolute Gasteiger partial charge is 0.204 e. The maximum absolute atomic E-state index is 4.70. The minimum atomic E-state index is 0.875. The molecule has 1 aliphatic rings. The molecule has 116 valence electrons. The molecule has 1 fully saturated rings. The first-order valence-corrected chi connectivity index (χ1v) is 8.48. The monoisotopic (exact) mass is 314 g/mol. The van der Waals surface area contributed by atoms with Crippen LogP contribution in [0.2, 0.25) is 0 Å². The maximum atomic E-state index is 4.70. The Morgan fingerprint density at radius 2 is 1.82 bits per heavy atom. The minimum absolute atomic E-state index is 0.875. The van der Waals surface area contributed by atoms with Crippen LogP contribution in [0.15, 0.2) is 29.4 Å². The van der Waals surface area contributed by atoms with Crippen molar-refractivity contribution in [2.75, 3.05) is 25.6 Å². The van der Waals surface area contributed by atoms with Crippen LogP contribution in [-0.2, 0) is 0 Å². The van der Waals surface area contributed by atoms with E-state index in [0.29, 0.717) is 0 Å². The Balaban J connectivity index is 1.72. The van der Waals surface area contributed by atoms with Crippen molar-refractivity contribution in [3.8, 4) is 11.3 Å². The number of hydrogen-bond donors (Lipinski definition) is 1. The summed E-state index contributed by atoms with van der Waals surface area (Å²) in [6.45, 7) is 6.39. The Morgan fingerprint density at radius 1 is 1.14 bits per heavy atom. The van der Waals surface area contributed by atoms with Gasteiger partial charge < -0.3 is 4.90 Å². The number of aromatic nitrogens is 1. The molecule has 0 unspecified atom stereocenters. The van der Waals surface area contributed by atoms with Crippen LogP contribution >= 0.6 is 11.3 Å². The van der Waals surface area contributed by atoms with Crippen molar-refractivity contribution in [2.45, 2.75) is 26.7 Å². The van der Waals surface area contributed by atoms with Crippen LogP contribution < -0.4 is 5.43 Å². The lowest BCUT2D eigenvalue weighted by Crippen LogP contribution is -2.30. The third-order valence-electron chi connectivity index (χ3n) is 4.00. The van der Waals surface area contributed by atoms with Gasteiger partial charge in [0.15, 0.2) is 0 Å². The number of nitrogens with zero attached hydrogens (tertiary/aromatic N) is 3. The Labute approximate surface area is 135 Å². The van der Waals surface area contributed by atoms with Gasteiger partial charge in [-0.1, -0.05) is 29.8 Å². The maximum Gasteiger partial charge on any atom is 0.204 e. The van der Waals surface area contributed by atoms with Gasteiger partial charge in [-0.25, -0.2) is 4.98 Å². The average molecular weight is 314 g/mol. The molecule has 2 aromatic rings. The summed E-state index contributed by atoms with van der Waals surface area (Å²) in [4.78, 5) is 8.25. The van der Waals surface area contributed by atoms with E-state index in [1.165, 1.54) is 21.7 Å². The normalized spacial score (nSPS) is 15.9. The summed E-state index contributed by atoms with van der Waals surface area (Å²) in [5.41, 5.74) is 7.87. The Morgan fingerprint density at radius 3 is 2.50 bits per heavy atom. The van der Waals surface area contributed by atoms with E-state index in [1.54, 1.807) is 11.3 Å². The quantitative estimate of drug-likeness (QED) is 0.873. The van der Waals surface area contributed by atoms with Gasteiger partial charge in [0, 0.05) is 42.1 Å². The van der Waals surface area contributed by atoms with Crippen molar-refractivity contribution >= 4 is 22.2 Å². The lowest BCUT2D eigenvalue weighted by atomic mass is 10.1. The molecule has 4 nitrogen and oxygen atoms in total. The van der Waals surface area contributed by atoms with Gasteiger partial charge in [0.2, 0.25) is 5.13 Å². The number of piperidine rings is 1. The van der Waals surface area contributed by atoms with E-state index in [1.807, 2.05) is 0 Å². The van der Waals surface area contributed by atoms with E-state index in [0.717, 1.165) is 36.8 Å². The Bertz CT molecular complexity index is 662. The van der Waals surface area contributed by atoms with Crippen molar-refractivity contribution in [3.63, 3.8) is 0 Å². The fraction of sp³-hybridized carbons (Fsp3) is 0.412. The van der Waals surface area contributed by atoms with Gasteiger partial charge in [-0.05, 0) is 20.9 Å². The number of hydrazone groups is 1. The zero-order chi connectivity index (χ0) is 15.5. The number of aryl methyl sites for hydroxylation is 2. The molecule has 3 rings (SSSR count). The van der Waals surface area contributed by atoms with Crippen molar-refractivity contribution in [1.29, 1.82) is 0 Å². The van der Waals surface area contributed by atoms with Crippen LogP contribution in [0.1, 0.15) is 23.3 Å². The van der Waals surface area contributed by atoms with Crippen molar-refractivity contribution in [2.24, 2.45) is 5.10 Å². The first-order chi connectivity index (χ1) is 10.6. The van der Waals surface area contributed by atoms with E-state index >= 15 is 0 Å². The average Bonchev–Trinajstić information content (AvgIpc) is 2.89. The molecule has 1 aromatic carbocycles. The van der Waals surface area contributed by atoms with E-state index in [9.17, 15) is 0 Å². The van der Waals surface area contributed by atoms with E-state index < -0.39 is 0 Å². The number of nitrogens with one attached hydrogen (secondary N) is 1. The second-order valence-electron chi connectivity index (χ2n) is 5.88. The van der Waals surface area contributed by atoms with Crippen LogP contribution in [-0.4, -0.2) is 35.7 Å². The molecule has 22 heavy (non-hydrogen) atoms. The Hall–Kier alpha value is -1.72. The topological polar surface area (TPSA) is 40.5 Å². The van der Waals surface area contributed by atoms with Crippen LogP contribution in [0.3, 0.4) is 0 Å². The third kappa shape index (κ3) is 3.54. The number of likely N-dealkylation sites (tertiary alicyclic amines) is 1. The van der Waals surface area contributed by atoms with Crippen molar-refractivity contribution < 1.29 is 0 Å². The molecule has 1 aliphatic heterocycles. The minimum Gasteiger partial charge on any atom is -0.306 e. The van der Waals surface area contributed by atoms with Gasteiger partial charge >= 0.3 is 0 Å². The van der Waals surface area contributed by atoms with Gasteiger partial charge in [0.25, 0.3) is 0 Å². The number of anilines is 1. The summed E-state index contributed by atoms with van der Waals surface area (Å²) < 4.78 is 0. The van der Waals surface area contributed by atoms with E-state index in [-0.39, 0.29) is 0 Å². The van der Waals surface area contributed by atoms with Crippen LogP contribution in [0.25, 0.3) is 11.3 Å². The molecule has 1 saturated heterocycles. The molecule has 0 bridgehead atoms. The molecular formula is C17H22N4S. The molecule has 1 aromatic heterocycles. The molecule has 1 N–H and O–H groups in total. The van der Waals surface area contributed by atoms with Gasteiger partial charge in [0.05, 0.1) is 5.69 Å². The molecule has 0 atom stereocenters. The van der Waals surface area contributed by atoms with Gasteiger partial charge in [-0.2, -0.15) is 5.10 Å². The lowest BCUT2D eigenvalue weighted by Gasteiger charge is -2.22. The highest BCUT2D eigenvalue weighted by molar-refractivity contribution is 7.15. The molecule has 2 heterocycles. The highest BCUT2D eigenvalue weighted by Crippen LogP contribution is 2.30. The summed E-state index contributed by atoms with van der Waals surface area (Å²) in [6, 6.07) is 8.51. The fourth-order valence-corrected chi connectivity index (χ4v) is 3.32. The molecule has 0 aliphatic carbocycles. The van der Waals surface area contributed by atoms with E-state index in [2.05, 4.69) is 60.6 Å². The first-order valence-electron chi connectivity index (χ1n) is 7.66. The highest BCUT2D eigenvalue weighted by atomic mass is 32.1. The van der Waals surface area contributed by atoms with Crippen LogP contribution in [0, 0.1) is 13.8 Å². The van der Waals surface area contributed by atoms with Gasteiger partial charge in [-0.3, -0.25) is 5.43 Å². The molecule has 0 saturated carbocycles. The van der Waals surface area contributed by atoms with Crippen molar-refractivity contribution in [1.82, 2.24) is 9.88 Å². The first kappa shape index (κ1) is 15.2. The summed E-state index contributed by atoms with van der Waals surface area (Å²) in [5, 5.41) is 5.41. The standard InChI is InChI=1S/C17H22N4S/c1-12-4-6-14(7-5-12)16-13(2)22-17(18-16)20-19-15-8-10-21(3)11-9-15/h4-7H,8-11H2,1-3H3,(H,18,20). The predicted molar refractivity (Wildman–Crippen MR) is 94.8 cm³/mol. The fourth-order valence-electron chi connectivity index (χ4n) is 2.54. The second-order valence-corrected chi connectivity index (χ2v) is 7.09. The highest BCUT2D eigenvalue weighted by Gasteiger charge is 2.12. The molecule has 0 amide bonds. The molecular weight excluding hydrogens is 292 g/mol. The second kappa shape index (κ2) is 6.58. The zero-order valence-electron chi connectivity index (χ0n) is 13.4. The number of benzene rings is 1. The van der Waals surface area contributed by atoms with Crippen LogP contribution in [0.4, 0.5) is 5.13 Å². The largest absolute Gasteiger partial charge is 0.306 e. The third-order valence-corrected chi connectivity index (χ3v) is 4.87. The van der Waals surface area contributed by atoms with Gasteiger partial charge in [-0.15, -0.1) is 11.3 Å². The SMILES string of the molecule is Cc1ccc(-c2nc(NN=C3CCN(C)CC3)sc2C)cc1. The predicted octanol–water partition coefficient (Wildman–Crippen LogP) is 3.92. The Kier molecular flexibility index (Phi) is 4.55. The molecule has 5 heteroatoms. The number of rotatable bonds is 3. The summed E-state index contributed by atoms with van der Waals surface area (Å²) >= 11 is 1.66. The summed E-state index contributed by atoms with van der Waals surface area (Å²) in [5.74, 6) is 0. The van der Waals surface area contributed by atoms with Crippen molar-refractivity contribution in [3.05, 3.63) is 34.7 Å². The van der Waals surface area contributed by atoms with Crippen LogP contribution in [0.5, 0.6) is 0 Å². The molecule has 0 radical (unpaired) electrons. The van der Waals surface area contributed by atoms with Gasteiger partial charge in [0.1, 0.15) is 0 Å². The number of hydrogen-bond acceptors (Lipinski definition) is 5. The summed E-state index contributed by atoms with van der Waals surface area (Å²) in [7, 11) is 2.16.